The molecule has 0 amide bonds. The molecule has 1 aromatic carbocycles. The van der Waals surface area contributed by atoms with Gasteiger partial charge in [-0.3, -0.25) is 10.1 Å². The molecule has 2 rings (SSSR count). The van der Waals surface area contributed by atoms with Crippen molar-refractivity contribution in [2.24, 2.45) is 5.92 Å². The van der Waals surface area contributed by atoms with E-state index in [2.05, 4.69) is 0 Å². The molecule has 1 aromatic rings. The van der Waals surface area contributed by atoms with Crippen molar-refractivity contribution >= 4 is 17.3 Å². The minimum Gasteiger partial charge on any atom is -0.493 e. The predicted octanol–water partition coefficient (Wildman–Crippen LogP) is 4.34. The van der Waals surface area contributed by atoms with E-state index in [4.69, 9.17) is 21.1 Å². The molecule has 1 fully saturated rings. The zero-order chi connectivity index (χ0) is 15.9. The highest BCUT2D eigenvalue weighted by molar-refractivity contribution is 6.17. The summed E-state index contributed by atoms with van der Waals surface area (Å²) in [5, 5.41) is 11.4. The Kier molecular flexibility index (Phi) is 6.31. The Morgan fingerprint density at radius 2 is 2.05 bits per heavy atom. The Balaban J connectivity index is 2.25. The number of alkyl halides is 1. The van der Waals surface area contributed by atoms with Gasteiger partial charge in [-0.25, -0.2) is 0 Å². The lowest BCUT2D eigenvalue weighted by Crippen LogP contribution is -2.06. The normalized spacial score (nSPS) is 15.0. The van der Waals surface area contributed by atoms with Crippen LogP contribution >= 0.6 is 11.6 Å². The maximum Gasteiger partial charge on any atom is 0.276 e. The summed E-state index contributed by atoms with van der Waals surface area (Å²) in [4.78, 5) is 11.0. The molecule has 122 valence electrons. The summed E-state index contributed by atoms with van der Waals surface area (Å²) in [5.74, 6) is 1.98. The SMILES string of the molecule is COc1cc(CC2CCCC2)c([N+](=O)[O-])cc1OCCCCl. The maximum atomic E-state index is 11.4. The number of nitrogens with zero attached hydrogens (tertiary/aromatic N) is 1. The Morgan fingerprint density at radius 1 is 1.32 bits per heavy atom. The molecule has 1 aliphatic carbocycles. The minimum atomic E-state index is -0.335. The summed E-state index contributed by atoms with van der Waals surface area (Å²) in [5.41, 5.74) is 0.854. The first-order valence-corrected chi connectivity index (χ1v) is 8.23. The van der Waals surface area contributed by atoms with Gasteiger partial charge >= 0.3 is 0 Å². The van der Waals surface area contributed by atoms with Gasteiger partial charge in [-0.2, -0.15) is 0 Å². The first-order chi connectivity index (χ1) is 10.7. The standard InChI is InChI=1S/C16H22ClNO4/c1-21-15-10-13(9-12-5-2-3-6-12)14(18(19)20)11-16(15)22-8-4-7-17/h10-12H,2-9H2,1H3. The van der Waals surface area contributed by atoms with Crippen LogP contribution in [0, 0.1) is 16.0 Å². The van der Waals surface area contributed by atoms with Gasteiger partial charge in [0.05, 0.1) is 24.7 Å². The van der Waals surface area contributed by atoms with Crippen LogP contribution in [0.15, 0.2) is 12.1 Å². The van der Waals surface area contributed by atoms with E-state index < -0.39 is 0 Å². The fraction of sp³-hybridized carbons (Fsp3) is 0.625. The van der Waals surface area contributed by atoms with Crippen molar-refractivity contribution in [2.45, 2.75) is 38.5 Å². The van der Waals surface area contributed by atoms with E-state index in [1.807, 2.05) is 0 Å². The third kappa shape index (κ3) is 4.26. The molecule has 0 aromatic heterocycles. The molecule has 0 aliphatic heterocycles. The van der Waals surface area contributed by atoms with Crippen LogP contribution in [0.1, 0.15) is 37.7 Å². The largest absolute Gasteiger partial charge is 0.493 e. The van der Waals surface area contributed by atoms with Crippen molar-refractivity contribution in [1.29, 1.82) is 0 Å². The van der Waals surface area contributed by atoms with Crippen LogP contribution in [-0.4, -0.2) is 24.5 Å². The zero-order valence-corrected chi connectivity index (χ0v) is 13.6. The third-order valence-corrected chi connectivity index (χ3v) is 4.35. The van der Waals surface area contributed by atoms with Gasteiger partial charge in [0.1, 0.15) is 0 Å². The summed E-state index contributed by atoms with van der Waals surface area (Å²) in [7, 11) is 1.55. The highest BCUT2D eigenvalue weighted by Crippen LogP contribution is 2.38. The Bertz CT molecular complexity index is 515. The van der Waals surface area contributed by atoms with Crippen LogP contribution in [0.5, 0.6) is 11.5 Å². The van der Waals surface area contributed by atoms with Crippen molar-refractivity contribution in [3.05, 3.63) is 27.8 Å². The quantitative estimate of drug-likeness (QED) is 0.308. The molecule has 0 heterocycles. The first-order valence-electron chi connectivity index (χ1n) is 7.69. The van der Waals surface area contributed by atoms with Gasteiger partial charge in [-0.15, -0.1) is 11.6 Å². The Labute approximate surface area is 135 Å². The number of methoxy groups -OCH3 is 1. The minimum absolute atomic E-state index is 0.119. The summed E-state index contributed by atoms with van der Waals surface area (Å²) in [6, 6.07) is 3.24. The number of hydrogen-bond acceptors (Lipinski definition) is 4. The summed E-state index contributed by atoms with van der Waals surface area (Å²) >= 11 is 5.62. The van der Waals surface area contributed by atoms with Crippen LogP contribution in [0.25, 0.3) is 0 Å². The molecule has 0 bridgehead atoms. The van der Waals surface area contributed by atoms with Crippen LogP contribution < -0.4 is 9.47 Å². The van der Waals surface area contributed by atoms with Crippen LogP contribution in [0.4, 0.5) is 5.69 Å². The number of rotatable bonds is 8. The molecule has 0 unspecified atom stereocenters. The molecule has 0 saturated heterocycles. The molecule has 22 heavy (non-hydrogen) atoms. The fourth-order valence-electron chi connectivity index (χ4n) is 2.96. The molecule has 0 atom stereocenters. The first kappa shape index (κ1) is 16.9. The molecule has 0 radical (unpaired) electrons. The van der Waals surface area contributed by atoms with Crippen molar-refractivity contribution < 1.29 is 14.4 Å². The molecule has 1 saturated carbocycles. The van der Waals surface area contributed by atoms with E-state index in [0.29, 0.717) is 36.3 Å². The van der Waals surface area contributed by atoms with Gasteiger partial charge < -0.3 is 9.47 Å². The highest BCUT2D eigenvalue weighted by Gasteiger charge is 2.24. The molecular formula is C16H22ClNO4. The highest BCUT2D eigenvalue weighted by atomic mass is 35.5. The second-order valence-electron chi connectivity index (χ2n) is 5.63. The summed E-state index contributed by atoms with van der Waals surface area (Å²) in [6.07, 6.45) is 6.14. The van der Waals surface area contributed by atoms with E-state index in [1.54, 1.807) is 13.2 Å². The third-order valence-electron chi connectivity index (χ3n) is 4.08. The number of ether oxygens (including phenoxy) is 2. The van der Waals surface area contributed by atoms with Gasteiger partial charge in [-0.1, -0.05) is 25.7 Å². The average molecular weight is 328 g/mol. The second-order valence-corrected chi connectivity index (χ2v) is 6.01. The van der Waals surface area contributed by atoms with Crippen LogP contribution in [0.2, 0.25) is 0 Å². The lowest BCUT2D eigenvalue weighted by atomic mass is 9.96. The van der Waals surface area contributed by atoms with Gasteiger partial charge in [0.25, 0.3) is 5.69 Å². The predicted molar refractivity (Wildman–Crippen MR) is 86.1 cm³/mol. The number of nitro groups is 1. The van der Waals surface area contributed by atoms with E-state index in [0.717, 1.165) is 24.8 Å². The van der Waals surface area contributed by atoms with Gasteiger partial charge in [-0.05, 0) is 24.8 Å². The molecule has 1 aliphatic rings. The van der Waals surface area contributed by atoms with E-state index in [-0.39, 0.29) is 10.6 Å². The lowest BCUT2D eigenvalue weighted by Gasteiger charge is -2.14. The molecule has 0 spiro atoms. The Hall–Kier alpha value is -1.49. The number of halogens is 1. The molecular weight excluding hydrogens is 306 g/mol. The second kappa shape index (κ2) is 8.22. The smallest absolute Gasteiger partial charge is 0.276 e. The van der Waals surface area contributed by atoms with Crippen molar-refractivity contribution in [3.8, 4) is 11.5 Å². The molecule has 6 heteroatoms. The van der Waals surface area contributed by atoms with Gasteiger partial charge in [0.15, 0.2) is 11.5 Å². The van der Waals surface area contributed by atoms with E-state index in [9.17, 15) is 10.1 Å². The van der Waals surface area contributed by atoms with Crippen molar-refractivity contribution in [1.82, 2.24) is 0 Å². The summed E-state index contributed by atoms with van der Waals surface area (Å²) < 4.78 is 10.9. The van der Waals surface area contributed by atoms with Crippen LogP contribution in [0.3, 0.4) is 0 Å². The monoisotopic (exact) mass is 327 g/mol. The lowest BCUT2D eigenvalue weighted by molar-refractivity contribution is -0.385. The molecule has 5 nitrogen and oxygen atoms in total. The number of hydrogen-bond donors (Lipinski definition) is 0. The molecule has 0 N–H and O–H groups in total. The fourth-order valence-corrected chi connectivity index (χ4v) is 3.07. The van der Waals surface area contributed by atoms with E-state index >= 15 is 0 Å². The van der Waals surface area contributed by atoms with Gasteiger partial charge in [0.2, 0.25) is 0 Å². The average Bonchev–Trinajstić information content (AvgIpc) is 3.01. The maximum absolute atomic E-state index is 11.4. The van der Waals surface area contributed by atoms with E-state index in [1.165, 1.54) is 18.9 Å². The summed E-state index contributed by atoms with van der Waals surface area (Å²) in [6.45, 7) is 0.416. The zero-order valence-electron chi connectivity index (χ0n) is 12.8. The van der Waals surface area contributed by atoms with Crippen molar-refractivity contribution in [3.63, 3.8) is 0 Å². The number of benzene rings is 1. The number of nitro benzene ring substituents is 1. The van der Waals surface area contributed by atoms with Crippen LogP contribution in [-0.2, 0) is 6.42 Å². The Morgan fingerprint density at radius 3 is 2.64 bits per heavy atom. The topological polar surface area (TPSA) is 61.6 Å². The van der Waals surface area contributed by atoms with Crippen molar-refractivity contribution in [2.75, 3.05) is 19.6 Å². The van der Waals surface area contributed by atoms with Gasteiger partial charge in [0, 0.05) is 11.4 Å².